The van der Waals surface area contributed by atoms with Crippen molar-refractivity contribution in [2.24, 2.45) is 0 Å². The molecule has 1 fully saturated rings. The topological polar surface area (TPSA) is 24.9 Å². The molecule has 3 aromatic rings. The van der Waals surface area contributed by atoms with Crippen molar-refractivity contribution >= 4 is 27.1 Å². The maximum Gasteiger partial charge on any atom is 0.161 e. The molecule has 0 amide bonds. The summed E-state index contributed by atoms with van der Waals surface area (Å²) in [7, 11) is 1.66. The maximum absolute atomic E-state index is 5.87. The summed E-state index contributed by atoms with van der Waals surface area (Å²) < 4.78 is 12.5. The van der Waals surface area contributed by atoms with Crippen molar-refractivity contribution in [3.05, 3.63) is 53.9 Å². The van der Waals surface area contributed by atoms with Gasteiger partial charge in [0.25, 0.3) is 0 Å². The first-order chi connectivity index (χ1) is 13.3. The van der Waals surface area contributed by atoms with Crippen LogP contribution >= 0.6 is 11.3 Å². The van der Waals surface area contributed by atoms with Crippen molar-refractivity contribution in [2.75, 3.05) is 51.3 Å². The van der Waals surface area contributed by atoms with Crippen LogP contribution in [-0.2, 0) is 0 Å². The number of hydrogen-bond acceptors (Lipinski definition) is 5. The average Bonchev–Trinajstić information content (AvgIpc) is 3.16. The molecule has 0 spiro atoms. The number of fused-ring (bicyclic) bond motifs is 1. The van der Waals surface area contributed by atoms with E-state index in [0.29, 0.717) is 6.61 Å². The quantitative estimate of drug-likeness (QED) is 0.570. The summed E-state index contributed by atoms with van der Waals surface area (Å²) in [6, 6.07) is 17.3. The fourth-order valence-corrected chi connectivity index (χ4v) is 4.54. The van der Waals surface area contributed by atoms with Gasteiger partial charge in [0, 0.05) is 48.2 Å². The molecule has 1 aromatic heterocycles. The number of hydrogen-bond donors (Lipinski definition) is 0. The standard InChI is InChI=1S/C22H25N2O2S/c1-25-20-8-3-4-9-21(20)26-16-6-11-23-12-14-24(15-13-23)19-17-27-22-10-5-2-7-18(19)22/h2,4-5,7-10,17H,6,11-16H2,1H3. The van der Waals surface area contributed by atoms with E-state index >= 15 is 0 Å². The predicted molar refractivity (Wildman–Crippen MR) is 112 cm³/mol. The first-order valence-electron chi connectivity index (χ1n) is 9.45. The van der Waals surface area contributed by atoms with Crippen LogP contribution in [0.15, 0.2) is 47.8 Å². The number of nitrogens with zero attached hydrogens (tertiary/aromatic N) is 2. The van der Waals surface area contributed by atoms with E-state index in [-0.39, 0.29) is 0 Å². The molecule has 1 aliphatic heterocycles. The highest BCUT2D eigenvalue weighted by molar-refractivity contribution is 7.17. The Morgan fingerprint density at radius 2 is 1.93 bits per heavy atom. The van der Waals surface area contributed by atoms with E-state index in [1.165, 1.54) is 15.8 Å². The molecule has 2 aromatic carbocycles. The molecule has 4 rings (SSSR count). The highest BCUT2D eigenvalue weighted by Crippen LogP contribution is 2.33. The number of thiophene rings is 1. The average molecular weight is 382 g/mol. The first-order valence-corrected chi connectivity index (χ1v) is 10.3. The summed E-state index contributed by atoms with van der Waals surface area (Å²) in [4.78, 5) is 5.06. The van der Waals surface area contributed by atoms with Crippen LogP contribution in [0.25, 0.3) is 10.1 Å². The molecular formula is C22H25N2O2S. The second-order valence-electron chi connectivity index (χ2n) is 6.72. The Kier molecular flexibility index (Phi) is 5.80. The van der Waals surface area contributed by atoms with E-state index in [1.54, 1.807) is 7.11 Å². The zero-order valence-corrected chi connectivity index (χ0v) is 16.5. The Balaban J connectivity index is 1.23. The molecule has 1 radical (unpaired) electrons. The number of ether oxygens (including phenoxy) is 2. The smallest absolute Gasteiger partial charge is 0.161 e. The molecule has 27 heavy (non-hydrogen) atoms. The number of rotatable bonds is 7. The normalized spacial score (nSPS) is 15.2. The van der Waals surface area contributed by atoms with Crippen LogP contribution in [0.3, 0.4) is 0 Å². The van der Waals surface area contributed by atoms with E-state index in [4.69, 9.17) is 9.47 Å². The minimum atomic E-state index is 0.704. The zero-order valence-electron chi connectivity index (χ0n) is 15.7. The van der Waals surface area contributed by atoms with E-state index in [2.05, 4.69) is 45.5 Å². The fourth-order valence-electron chi connectivity index (χ4n) is 3.57. The highest BCUT2D eigenvalue weighted by Gasteiger charge is 2.19. The lowest BCUT2D eigenvalue weighted by molar-refractivity contribution is 0.221. The van der Waals surface area contributed by atoms with Gasteiger partial charge >= 0.3 is 0 Å². The van der Waals surface area contributed by atoms with Crippen molar-refractivity contribution in [3.8, 4) is 11.5 Å². The van der Waals surface area contributed by atoms with Gasteiger partial charge in [-0.25, -0.2) is 0 Å². The van der Waals surface area contributed by atoms with Crippen LogP contribution in [0.1, 0.15) is 6.42 Å². The minimum Gasteiger partial charge on any atom is -0.493 e. The second kappa shape index (κ2) is 8.63. The SMILES string of the molecule is COc1c[c]ccc1OCCCN1CCN(c2csc3ccccc23)CC1. The number of piperazine rings is 1. The highest BCUT2D eigenvalue weighted by atomic mass is 32.1. The predicted octanol–water partition coefficient (Wildman–Crippen LogP) is 4.30. The molecule has 0 saturated carbocycles. The third-order valence-corrected chi connectivity index (χ3v) is 6.01. The van der Waals surface area contributed by atoms with Gasteiger partial charge in [-0.05, 0) is 30.7 Å². The van der Waals surface area contributed by atoms with Crippen LogP contribution in [0.2, 0.25) is 0 Å². The molecule has 0 aliphatic carbocycles. The lowest BCUT2D eigenvalue weighted by Gasteiger charge is -2.35. The zero-order chi connectivity index (χ0) is 18.5. The van der Waals surface area contributed by atoms with Crippen LogP contribution < -0.4 is 14.4 Å². The van der Waals surface area contributed by atoms with Gasteiger partial charge in [0.2, 0.25) is 0 Å². The molecular weight excluding hydrogens is 356 g/mol. The molecule has 0 bridgehead atoms. The Hall–Kier alpha value is -2.24. The van der Waals surface area contributed by atoms with E-state index in [9.17, 15) is 0 Å². The molecule has 0 unspecified atom stereocenters. The first kappa shape index (κ1) is 18.1. The van der Waals surface area contributed by atoms with Gasteiger partial charge < -0.3 is 14.4 Å². The van der Waals surface area contributed by atoms with E-state index in [0.717, 1.165) is 50.6 Å². The van der Waals surface area contributed by atoms with Crippen LogP contribution in [0.4, 0.5) is 5.69 Å². The van der Waals surface area contributed by atoms with Crippen LogP contribution in [-0.4, -0.2) is 51.3 Å². The molecule has 5 heteroatoms. The van der Waals surface area contributed by atoms with Gasteiger partial charge in [-0.15, -0.1) is 11.3 Å². The second-order valence-corrected chi connectivity index (χ2v) is 7.64. The molecule has 1 aliphatic rings. The van der Waals surface area contributed by atoms with E-state index < -0.39 is 0 Å². The number of anilines is 1. The lowest BCUT2D eigenvalue weighted by Crippen LogP contribution is -2.46. The molecule has 4 nitrogen and oxygen atoms in total. The number of methoxy groups -OCH3 is 1. The van der Waals surface area contributed by atoms with Crippen molar-refractivity contribution in [2.45, 2.75) is 6.42 Å². The summed E-state index contributed by atoms with van der Waals surface area (Å²) >= 11 is 1.84. The van der Waals surface area contributed by atoms with E-state index in [1.807, 2.05) is 29.5 Å². The van der Waals surface area contributed by atoms with Crippen LogP contribution in [0.5, 0.6) is 11.5 Å². The monoisotopic (exact) mass is 381 g/mol. The Bertz CT molecular complexity index is 871. The summed E-state index contributed by atoms with van der Waals surface area (Å²) in [6.45, 7) is 6.16. The fraction of sp³-hybridized carbons (Fsp3) is 0.364. The van der Waals surface area contributed by atoms with Crippen molar-refractivity contribution in [3.63, 3.8) is 0 Å². The largest absolute Gasteiger partial charge is 0.493 e. The van der Waals surface area contributed by atoms with Gasteiger partial charge in [0.05, 0.1) is 19.4 Å². The third-order valence-electron chi connectivity index (χ3n) is 5.06. The molecule has 0 N–H and O–H groups in total. The molecule has 2 heterocycles. The van der Waals surface area contributed by atoms with Crippen molar-refractivity contribution < 1.29 is 9.47 Å². The van der Waals surface area contributed by atoms with Crippen molar-refractivity contribution in [1.29, 1.82) is 0 Å². The third kappa shape index (κ3) is 4.20. The number of benzene rings is 2. The summed E-state index contributed by atoms with van der Waals surface area (Å²) in [5, 5.41) is 3.69. The summed E-state index contributed by atoms with van der Waals surface area (Å²) in [5.41, 5.74) is 1.39. The molecule has 0 atom stereocenters. The molecule has 1 saturated heterocycles. The van der Waals surface area contributed by atoms with Crippen LogP contribution in [0, 0.1) is 6.07 Å². The van der Waals surface area contributed by atoms with Gasteiger partial charge in [0.15, 0.2) is 11.5 Å². The Morgan fingerprint density at radius 3 is 2.78 bits per heavy atom. The van der Waals surface area contributed by atoms with Gasteiger partial charge in [-0.1, -0.05) is 24.3 Å². The minimum absolute atomic E-state index is 0.704. The van der Waals surface area contributed by atoms with Gasteiger partial charge in [0.1, 0.15) is 0 Å². The van der Waals surface area contributed by atoms with Crippen molar-refractivity contribution in [1.82, 2.24) is 4.90 Å². The molecule has 141 valence electrons. The summed E-state index contributed by atoms with van der Waals surface area (Å²) in [6.07, 6.45) is 1.02. The van der Waals surface area contributed by atoms with Gasteiger partial charge in [-0.3, -0.25) is 4.90 Å². The summed E-state index contributed by atoms with van der Waals surface area (Å²) in [5.74, 6) is 1.54. The van der Waals surface area contributed by atoms with Gasteiger partial charge in [-0.2, -0.15) is 0 Å². The maximum atomic E-state index is 5.87. The Labute approximate surface area is 164 Å². The lowest BCUT2D eigenvalue weighted by atomic mass is 10.2. The Morgan fingerprint density at radius 1 is 1.07 bits per heavy atom.